The van der Waals surface area contributed by atoms with Gasteiger partial charge in [-0.15, -0.1) is 0 Å². The zero-order valence-electron chi connectivity index (χ0n) is 11.0. The van der Waals surface area contributed by atoms with Gasteiger partial charge < -0.3 is 4.90 Å². The molecule has 1 N–H and O–H groups in total. The van der Waals surface area contributed by atoms with Crippen LogP contribution in [-0.2, 0) is 0 Å². The summed E-state index contributed by atoms with van der Waals surface area (Å²) < 4.78 is 0. The van der Waals surface area contributed by atoms with Crippen molar-refractivity contribution in [2.24, 2.45) is 5.41 Å². The van der Waals surface area contributed by atoms with E-state index in [1.54, 1.807) is 0 Å². The van der Waals surface area contributed by atoms with Crippen LogP contribution in [0.15, 0.2) is 0 Å². The lowest BCUT2D eigenvalue weighted by Crippen LogP contribution is -2.58. The highest BCUT2D eigenvalue weighted by atomic mass is 15.3. The molecule has 1 heterocycles. The summed E-state index contributed by atoms with van der Waals surface area (Å²) in [4.78, 5) is 4.63. The van der Waals surface area contributed by atoms with Crippen LogP contribution in [0, 0.1) is 10.8 Å². The molecule has 0 aromatic rings. The highest BCUT2D eigenvalue weighted by molar-refractivity contribution is 5.84. The lowest BCUT2D eigenvalue weighted by Gasteiger charge is -2.45. The first-order valence-electron chi connectivity index (χ1n) is 5.79. The molecule has 0 spiro atoms. The summed E-state index contributed by atoms with van der Waals surface area (Å²) in [7, 11) is 2.17. The van der Waals surface area contributed by atoms with Gasteiger partial charge in [-0.3, -0.25) is 10.3 Å². The molecular weight excluding hydrogens is 186 g/mol. The minimum Gasteiger partial charge on any atom is -0.357 e. The fourth-order valence-corrected chi connectivity index (χ4v) is 2.06. The fourth-order valence-electron chi connectivity index (χ4n) is 2.06. The van der Waals surface area contributed by atoms with Gasteiger partial charge in [-0.1, -0.05) is 20.8 Å². The van der Waals surface area contributed by atoms with Crippen molar-refractivity contribution >= 4 is 5.84 Å². The van der Waals surface area contributed by atoms with Crippen molar-refractivity contribution in [3.05, 3.63) is 0 Å². The Labute approximate surface area is 94.0 Å². The predicted octanol–water partition coefficient (Wildman–Crippen LogP) is 2.03. The maximum absolute atomic E-state index is 8.19. The lowest BCUT2D eigenvalue weighted by molar-refractivity contribution is 0.0934. The predicted molar refractivity (Wildman–Crippen MR) is 65.4 cm³/mol. The Morgan fingerprint density at radius 3 is 1.87 bits per heavy atom. The molecule has 0 aromatic carbocycles. The summed E-state index contributed by atoms with van der Waals surface area (Å²) in [5.74, 6) is 0.773. The van der Waals surface area contributed by atoms with Gasteiger partial charge in [0.25, 0.3) is 0 Å². The lowest BCUT2D eigenvalue weighted by atomic mass is 9.92. The Morgan fingerprint density at radius 1 is 1.13 bits per heavy atom. The fraction of sp³-hybridized carbons (Fsp3) is 0.917. The van der Waals surface area contributed by atoms with Gasteiger partial charge in [-0.25, -0.2) is 0 Å². The Balaban J connectivity index is 2.70. The van der Waals surface area contributed by atoms with Crippen LogP contribution in [0.25, 0.3) is 0 Å². The molecule has 0 bridgehead atoms. The number of piperazine rings is 1. The molecule has 0 amide bonds. The minimum atomic E-state index is -0.0324. The van der Waals surface area contributed by atoms with Gasteiger partial charge in [0, 0.05) is 30.6 Å². The Bertz CT molecular complexity index is 230. The monoisotopic (exact) mass is 211 g/mol. The van der Waals surface area contributed by atoms with Crippen LogP contribution in [-0.4, -0.2) is 47.9 Å². The summed E-state index contributed by atoms with van der Waals surface area (Å²) in [6.45, 7) is 12.8. The van der Waals surface area contributed by atoms with Crippen molar-refractivity contribution in [2.45, 2.75) is 46.7 Å². The first-order valence-corrected chi connectivity index (χ1v) is 5.79. The van der Waals surface area contributed by atoms with Gasteiger partial charge in [0.2, 0.25) is 0 Å². The first-order chi connectivity index (χ1) is 6.73. The number of amidine groups is 1. The molecule has 0 saturated carbocycles. The second kappa shape index (κ2) is 4.12. The number of nitrogens with zero attached hydrogens (tertiary/aromatic N) is 2. The molecule has 15 heavy (non-hydrogen) atoms. The van der Waals surface area contributed by atoms with E-state index in [4.69, 9.17) is 5.41 Å². The van der Waals surface area contributed by atoms with Crippen molar-refractivity contribution in [3.63, 3.8) is 0 Å². The molecule has 2 unspecified atom stereocenters. The van der Waals surface area contributed by atoms with Gasteiger partial charge in [0.1, 0.15) is 5.84 Å². The van der Waals surface area contributed by atoms with Crippen LogP contribution in [0.4, 0.5) is 0 Å². The summed E-state index contributed by atoms with van der Waals surface area (Å²) in [6.07, 6.45) is 0. The van der Waals surface area contributed by atoms with Crippen LogP contribution < -0.4 is 0 Å². The molecule has 3 heteroatoms. The highest BCUT2D eigenvalue weighted by Gasteiger charge is 2.31. The standard InChI is InChI=1S/C12H25N3/c1-9-7-15(8-10(2)14(9)6)11(13)12(3,4)5/h9-10,13H,7-8H2,1-6H3. The van der Waals surface area contributed by atoms with E-state index in [1.807, 2.05) is 0 Å². The minimum absolute atomic E-state index is 0.0324. The Kier molecular flexibility index (Phi) is 3.44. The molecule has 0 radical (unpaired) electrons. The summed E-state index contributed by atoms with van der Waals surface area (Å²) >= 11 is 0. The molecule has 1 aliphatic rings. The largest absolute Gasteiger partial charge is 0.357 e. The van der Waals surface area contributed by atoms with E-state index in [0.717, 1.165) is 18.9 Å². The second-order valence-corrected chi connectivity index (χ2v) is 5.87. The Morgan fingerprint density at radius 2 is 1.53 bits per heavy atom. The number of hydrogen-bond acceptors (Lipinski definition) is 2. The molecule has 1 rings (SSSR count). The number of hydrogen-bond donors (Lipinski definition) is 1. The summed E-state index contributed by atoms with van der Waals surface area (Å²) in [6, 6.07) is 1.08. The van der Waals surface area contributed by atoms with Crippen LogP contribution in [0.2, 0.25) is 0 Å². The smallest absolute Gasteiger partial charge is 0.101 e. The quantitative estimate of drug-likeness (QED) is 0.491. The Hall–Kier alpha value is -0.570. The SMILES string of the molecule is CC1CN(C(=N)C(C)(C)C)CC(C)N1C. The van der Waals surface area contributed by atoms with Gasteiger partial charge in [0.15, 0.2) is 0 Å². The van der Waals surface area contributed by atoms with Crippen molar-refractivity contribution in [1.82, 2.24) is 9.80 Å². The molecule has 0 aromatic heterocycles. The molecule has 0 aliphatic carbocycles. The number of likely N-dealkylation sites (N-methyl/N-ethyl adjacent to an activating group) is 1. The van der Waals surface area contributed by atoms with E-state index in [9.17, 15) is 0 Å². The van der Waals surface area contributed by atoms with Gasteiger partial charge in [-0.2, -0.15) is 0 Å². The van der Waals surface area contributed by atoms with E-state index in [2.05, 4.69) is 51.5 Å². The van der Waals surface area contributed by atoms with Crippen LogP contribution in [0.1, 0.15) is 34.6 Å². The van der Waals surface area contributed by atoms with Crippen molar-refractivity contribution in [1.29, 1.82) is 5.41 Å². The number of rotatable bonds is 0. The van der Waals surface area contributed by atoms with E-state index >= 15 is 0 Å². The first kappa shape index (κ1) is 12.5. The van der Waals surface area contributed by atoms with E-state index in [1.165, 1.54) is 0 Å². The molecule has 88 valence electrons. The molecule has 2 atom stereocenters. The third-order valence-corrected chi connectivity index (χ3v) is 3.39. The molecule has 1 aliphatic heterocycles. The van der Waals surface area contributed by atoms with E-state index < -0.39 is 0 Å². The van der Waals surface area contributed by atoms with Crippen molar-refractivity contribution in [2.75, 3.05) is 20.1 Å². The third kappa shape index (κ3) is 2.71. The highest BCUT2D eigenvalue weighted by Crippen LogP contribution is 2.22. The van der Waals surface area contributed by atoms with Crippen molar-refractivity contribution < 1.29 is 0 Å². The number of nitrogens with one attached hydrogen (secondary N) is 1. The second-order valence-electron chi connectivity index (χ2n) is 5.87. The zero-order valence-corrected chi connectivity index (χ0v) is 11.0. The molecular formula is C12H25N3. The van der Waals surface area contributed by atoms with Gasteiger partial charge in [-0.05, 0) is 20.9 Å². The molecule has 1 saturated heterocycles. The maximum atomic E-state index is 8.19. The summed E-state index contributed by atoms with van der Waals surface area (Å²) in [5, 5.41) is 8.19. The third-order valence-electron chi connectivity index (χ3n) is 3.39. The average molecular weight is 211 g/mol. The van der Waals surface area contributed by atoms with Crippen LogP contribution in [0.3, 0.4) is 0 Å². The zero-order chi connectivity index (χ0) is 11.8. The average Bonchev–Trinajstić information content (AvgIpc) is 2.10. The van der Waals surface area contributed by atoms with E-state index in [-0.39, 0.29) is 5.41 Å². The summed E-state index contributed by atoms with van der Waals surface area (Å²) in [5.41, 5.74) is -0.0324. The van der Waals surface area contributed by atoms with Crippen molar-refractivity contribution in [3.8, 4) is 0 Å². The van der Waals surface area contributed by atoms with Crippen LogP contribution >= 0.6 is 0 Å². The van der Waals surface area contributed by atoms with Gasteiger partial charge >= 0.3 is 0 Å². The molecule has 3 nitrogen and oxygen atoms in total. The maximum Gasteiger partial charge on any atom is 0.101 e. The van der Waals surface area contributed by atoms with Crippen LogP contribution in [0.5, 0.6) is 0 Å². The molecule has 1 fully saturated rings. The van der Waals surface area contributed by atoms with Gasteiger partial charge in [0.05, 0.1) is 0 Å². The topological polar surface area (TPSA) is 30.3 Å². The normalized spacial score (nSPS) is 29.3. The van der Waals surface area contributed by atoms with E-state index in [0.29, 0.717) is 12.1 Å².